The van der Waals surface area contributed by atoms with Crippen molar-refractivity contribution in [3.8, 4) is 0 Å². The van der Waals surface area contributed by atoms with Gasteiger partial charge in [-0.15, -0.1) is 0 Å². The number of nitrogens with zero attached hydrogens (tertiary/aromatic N) is 4. The highest BCUT2D eigenvalue weighted by atomic mass is 32.2. The number of aliphatic imine (C=N–C) groups is 1. The number of pyridine rings is 1. The number of aromatic nitrogens is 2. The third-order valence-electron chi connectivity index (χ3n) is 5.36. The zero-order valence-corrected chi connectivity index (χ0v) is 15.9. The number of benzene rings is 1. The molecule has 0 bridgehead atoms. The Kier molecular flexibility index (Phi) is 3.78. The van der Waals surface area contributed by atoms with Crippen molar-refractivity contribution >= 4 is 27.8 Å². The second-order valence-electron chi connectivity index (χ2n) is 7.02. The fraction of sp³-hybridized carbons (Fsp3) is 0.333. The molecule has 2 aliphatic rings. The highest BCUT2D eigenvalue weighted by Gasteiger charge is 2.44. The van der Waals surface area contributed by atoms with Gasteiger partial charge in [-0.25, -0.2) is 0 Å². The van der Waals surface area contributed by atoms with Crippen LogP contribution in [0.25, 0.3) is 10.9 Å². The number of rotatable bonds is 3. The number of fused-ring (bicyclic) bond motifs is 2. The quantitative estimate of drug-likeness (QED) is 0.680. The summed E-state index contributed by atoms with van der Waals surface area (Å²) in [5, 5.41) is 3.09. The van der Waals surface area contributed by atoms with Crippen LogP contribution in [-0.4, -0.2) is 31.4 Å². The van der Waals surface area contributed by atoms with Crippen LogP contribution in [0.1, 0.15) is 37.2 Å². The molecular formula is C21H22N4S. The lowest BCUT2D eigenvalue weighted by molar-refractivity contribution is 0.323. The number of amidine groups is 1. The van der Waals surface area contributed by atoms with Gasteiger partial charge < -0.3 is 9.47 Å². The Labute approximate surface area is 157 Å². The molecule has 26 heavy (non-hydrogen) atoms. The normalized spacial score (nSPS) is 24.9. The molecule has 132 valence electrons. The van der Waals surface area contributed by atoms with Crippen LogP contribution in [0, 0.1) is 0 Å². The molecule has 2 aromatic heterocycles. The minimum absolute atomic E-state index is 0.0577. The van der Waals surface area contributed by atoms with Gasteiger partial charge in [0.2, 0.25) is 0 Å². The molecule has 3 atom stereocenters. The molecule has 0 saturated carbocycles. The van der Waals surface area contributed by atoms with Crippen LogP contribution in [0.2, 0.25) is 0 Å². The van der Waals surface area contributed by atoms with Gasteiger partial charge in [0.25, 0.3) is 0 Å². The van der Waals surface area contributed by atoms with Gasteiger partial charge in [-0.05, 0) is 25.1 Å². The van der Waals surface area contributed by atoms with Crippen molar-refractivity contribution in [2.24, 2.45) is 4.99 Å². The van der Waals surface area contributed by atoms with E-state index in [1.807, 2.05) is 24.0 Å². The van der Waals surface area contributed by atoms with E-state index in [1.54, 1.807) is 0 Å². The first-order valence-electron chi connectivity index (χ1n) is 9.26. The predicted molar refractivity (Wildman–Crippen MR) is 109 cm³/mol. The summed E-state index contributed by atoms with van der Waals surface area (Å²) in [5.74, 6) is 0. The van der Waals surface area contributed by atoms with Gasteiger partial charge in [0.15, 0.2) is 5.17 Å². The monoisotopic (exact) mass is 362 g/mol. The summed E-state index contributed by atoms with van der Waals surface area (Å²) < 4.78 is 2.35. The predicted octanol–water partition coefficient (Wildman–Crippen LogP) is 4.65. The summed E-state index contributed by atoms with van der Waals surface area (Å²) in [4.78, 5) is 12.2. The molecular weight excluding hydrogens is 340 g/mol. The third kappa shape index (κ3) is 2.37. The zero-order valence-electron chi connectivity index (χ0n) is 15.0. The molecule has 5 heteroatoms. The van der Waals surface area contributed by atoms with Crippen LogP contribution < -0.4 is 0 Å². The first-order valence-corrected chi connectivity index (χ1v) is 10.1. The topological polar surface area (TPSA) is 33.4 Å². The standard InChI is InChI=1S/C21H22N4S/c1-3-24-13-16(15-8-4-5-10-18(15)24)20-19(17-9-6-7-11-22-17)23-21-25(20)12-14(2)26-21/h4-11,13-14,19-20H,3,12H2,1-2H3/t14-,19-,20-/m1/s1. The van der Waals surface area contributed by atoms with Crippen molar-refractivity contribution in [2.75, 3.05) is 6.54 Å². The molecule has 0 amide bonds. The maximum atomic E-state index is 5.10. The Bertz CT molecular complexity index is 978. The molecule has 2 aliphatic heterocycles. The number of aryl methyl sites for hydroxylation is 1. The number of para-hydroxylation sites is 1. The van der Waals surface area contributed by atoms with Gasteiger partial charge in [0.1, 0.15) is 6.04 Å². The molecule has 3 aromatic rings. The van der Waals surface area contributed by atoms with Crippen LogP contribution in [-0.2, 0) is 6.54 Å². The summed E-state index contributed by atoms with van der Waals surface area (Å²) in [6.07, 6.45) is 4.21. The van der Waals surface area contributed by atoms with Crippen LogP contribution >= 0.6 is 11.8 Å². The van der Waals surface area contributed by atoms with Crippen molar-refractivity contribution in [1.82, 2.24) is 14.5 Å². The zero-order chi connectivity index (χ0) is 17.7. The van der Waals surface area contributed by atoms with Crippen LogP contribution in [0.4, 0.5) is 0 Å². The first kappa shape index (κ1) is 15.9. The number of thioether (sulfide) groups is 1. The van der Waals surface area contributed by atoms with E-state index in [4.69, 9.17) is 4.99 Å². The molecule has 0 unspecified atom stereocenters. The van der Waals surface area contributed by atoms with E-state index in [-0.39, 0.29) is 12.1 Å². The molecule has 1 aromatic carbocycles. The minimum Gasteiger partial charge on any atom is -0.347 e. The van der Waals surface area contributed by atoms with Crippen molar-refractivity contribution in [1.29, 1.82) is 0 Å². The molecule has 0 N–H and O–H groups in total. The third-order valence-corrected chi connectivity index (χ3v) is 6.46. The highest BCUT2D eigenvalue weighted by molar-refractivity contribution is 8.14. The van der Waals surface area contributed by atoms with E-state index in [9.17, 15) is 0 Å². The van der Waals surface area contributed by atoms with E-state index >= 15 is 0 Å². The molecule has 0 radical (unpaired) electrons. The summed E-state index contributed by atoms with van der Waals surface area (Å²) in [7, 11) is 0. The molecule has 1 fully saturated rings. The molecule has 4 nitrogen and oxygen atoms in total. The Hall–Kier alpha value is -2.27. The summed E-state index contributed by atoms with van der Waals surface area (Å²) in [5.41, 5.74) is 3.73. The van der Waals surface area contributed by atoms with Gasteiger partial charge in [-0.1, -0.05) is 43.0 Å². The SMILES string of the molecule is CCn1cc([C@@H]2[C@@H](c3ccccn3)N=C3S[C@H](C)CN32)c2ccccc21. The number of hydrogen-bond acceptors (Lipinski definition) is 4. The second-order valence-corrected chi connectivity index (χ2v) is 8.43. The van der Waals surface area contributed by atoms with E-state index in [0.29, 0.717) is 5.25 Å². The fourth-order valence-electron chi connectivity index (χ4n) is 4.23. The Morgan fingerprint density at radius 3 is 2.81 bits per heavy atom. The maximum absolute atomic E-state index is 5.10. The van der Waals surface area contributed by atoms with Crippen molar-refractivity contribution in [3.05, 3.63) is 66.1 Å². The van der Waals surface area contributed by atoms with E-state index in [1.165, 1.54) is 21.6 Å². The molecule has 5 rings (SSSR count). The van der Waals surface area contributed by atoms with Crippen LogP contribution in [0.15, 0.2) is 59.9 Å². The van der Waals surface area contributed by atoms with Gasteiger partial charge in [-0.3, -0.25) is 9.98 Å². The van der Waals surface area contributed by atoms with Crippen molar-refractivity contribution in [2.45, 2.75) is 37.7 Å². The summed E-state index contributed by atoms with van der Waals surface area (Å²) in [6, 6.07) is 15.1. The van der Waals surface area contributed by atoms with Crippen molar-refractivity contribution in [3.63, 3.8) is 0 Å². The fourth-order valence-corrected chi connectivity index (χ4v) is 5.32. The minimum atomic E-state index is 0.0577. The summed E-state index contributed by atoms with van der Waals surface area (Å²) in [6.45, 7) is 6.51. The Balaban J connectivity index is 1.68. The van der Waals surface area contributed by atoms with Gasteiger partial charge in [0, 0.05) is 47.2 Å². The lowest BCUT2D eigenvalue weighted by atomic mass is 9.96. The lowest BCUT2D eigenvalue weighted by Gasteiger charge is -2.26. The average Bonchev–Trinajstić information content (AvgIpc) is 3.32. The van der Waals surface area contributed by atoms with E-state index in [2.05, 4.69) is 70.9 Å². The van der Waals surface area contributed by atoms with Crippen molar-refractivity contribution < 1.29 is 0 Å². The van der Waals surface area contributed by atoms with Crippen LogP contribution in [0.3, 0.4) is 0 Å². The molecule has 0 aliphatic carbocycles. The van der Waals surface area contributed by atoms with Gasteiger partial charge in [-0.2, -0.15) is 0 Å². The highest BCUT2D eigenvalue weighted by Crippen LogP contribution is 2.49. The van der Waals surface area contributed by atoms with E-state index in [0.717, 1.165) is 18.8 Å². The lowest BCUT2D eigenvalue weighted by Crippen LogP contribution is -2.28. The molecule has 0 spiro atoms. The largest absolute Gasteiger partial charge is 0.347 e. The average molecular weight is 363 g/mol. The second kappa shape index (κ2) is 6.16. The maximum Gasteiger partial charge on any atom is 0.160 e. The molecule has 4 heterocycles. The smallest absolute Gasteiger partial charge is 0.160 e. The summed E-state index contributed by atoms with van der Waals surface area (Å²) >= 11 is 1.89. The van der Waals surface area contributed by atoms with Gasteiger partial charge in [0.05, 0.1) is 11.7 Å². The Morgan fingerprint density at radius 1 is 1.15 bits per heavy atom. The number of hydrogen-bond donors (Lipinski definition) is 0. The van der Waals surface area contributed by atoms with E-state index < -0.39 is 0 Å². The first-order chi connectivity index (χ1) is 12.8. The Morgan fingerprint density at radius 2 is 2.00 bits per heavy atom. The van der Waals surface area contributed by atoms with Crippen LogP contribution in [0.5, 0.6) is 0 Å². The van der Waals surface area contributed by atoms with Gasteiger partial charge >= 0.3 is 0 Å². The molecule has 1 saturated heterocycles.